The number of hydrogen-bond acceptors (Lipinski definition) is 3. The maximum absolute atomic E-state index is 12.1. The van der Waals surface area contributed by atoms with E-state index in [1.54, 1.807) is 13.0 Å². The first-order valence-electron chi connectivity index (χ1n) is 5.32. The van der Waals surface area contributed by atoms with E-state index in [4.69, 9.17) is 9.05 Å². The molecule has 1 aromatic carbocycles. The minimum absolute atomic E-state index is 0.230. The zero-order valence-electron chi connectivity index (χ0n) is 9.91. The SMILES string of the molecule is C=CC(C)OP(=O)(C=C)OCc1ccccc1. The Morgan fingerprint density at radius 2 is 2.00 bits per heavy atom. The quantitative estimate of drug-likeness (QED) is 0.540. The van der Waals surface area contributed by atoms with Gasteiger partial charge >= 0.3 is 7.60 Å². The Kier molecular flexibility index (Phi) is 5.36. The van der Waals surface area contributed by atoms with E-state index in [0.29, 0.717) is 0 Å². The Morgan fingerprint density at radius 3 is 2.53 bits per heavy atom. The van der Waals surface area contributed by atoms with E-state index in [2.05, 4.69) is 13.2 Å². The third kappa shape index (κ3) is 4.70. The molecule has 0 saturated carbocycles. The molecule has 2 unspecified atom stereocenters. The minimum Gasteiger partial charge on any atom is -0.301 e. The van der Waals surface area contributed by atoms with Crippen LogP contribution < -0.4 is 0 Å². The van der Waals surface area contributed by atoms with Crippen molar-refractivity contribution < 1.29 is 13.6 Å². The zero-order valence-corrected chi connectivity index (χ0v) is 10.8. The van der Waals surface area contributed by atoms with Crippen LogP contribution in [0.15, 0.2) is 55.4 Å². The van der Waals surface area contributed by atoms with Gasteiger partial charge in [-0.05, 0) is 12.5 Å². The normalized spacial score (nSPS) is 15.8. The fraction of sp³-hybridized carbons (Fsp3) is 0.231. The molecule has 0 saturated heterocycles. The van der Waals surface area contributed by atoms with E-state index in [9.17, 15) is 4.57 Å². The summed E-state index contributed by atoms with van der Waals surface area (Å²) in [5, 5.41) is 0. The van der Waals surface area contributed by atoms with Crippen molar-refractivity contribution in [2.45, 2.75) is 19.6 Å². The van der Waals surface area contributed by atoms with Crippen LogP contribution in [0.5, 0.6) is 0 Å². The van der Waals surface area contributed by atoms with Crippen LogP contribution in [0.3, 0.4) is 0 Å². The van der Waals surface area contributed by atoms with Gasteiger partial charge in [-0.15, -0.1) is 6.58 Å². The standard InChI is InChI=1S/C13H17O3P/c1-4-12(3)16-17(14,5-2)15-11-13-9-7-6-8-10-13/h4-10,12H,1-2,11H2,3H3. The van der Waals surface area contributed by atoms with Crippen molar-refractivity contribution in [3.8, 4) is 0 Å². The smallest absolute Gasteiger partial charge is 0.301 e. The van der Waals surface area contributed by atoms with Crippen molar-refractivity contribution in [2.24, 2.45) is 0 Å². The van der Waals surface area contributed by atoms with Gasteiger partial charge in [0, 0.05) is 5.82 Å². The second-order valence-electron chi connectivity index (χ2n) is 3.53. The average Bonchev–Trinajstić information content (AvgIpc) is 2.37. The van der Waals surface area contributed by atoms with Crippen LogP contribution in [0.4, 0.5) is 0 Å². The van der Waals surface area contributed by atoms with Crippen molar-refractivity contribution in [1.82, 2.24) is 0 Å². The van der Waals surface area contributed by atoms with Crippen LogP contribution in [0.25, 0.3) is 0 Å². The molecule has 4 heteroatoms. The largest absolute Gasteiger partial charge is 0.354 e. The molecule has 3 nitrogen and oxygen atoms in total. The summed E-state index contributed by atoms with van der Waals surface area (Å²) < 4.78 is 22.7. The lowest BCUT2D eigenvalue weighted by molar-refractivity contribution is 0.184. The van der Waals surface area contributed by atoms with Gasteiger partial charge in [-0.2, -0.15) is 0 Å². The molecule has 17 heavy (non-hydrogen) atoms. The minimum atomic E-state index is -3.25. The molecule has 0 radical (unpaired) electrons. The van der Waals surface area contributed by atoms with Crippen LogP contribution >= 0.6 is 7.60 Å². The summed E-state index contributed by atoms with van der Waals surface area (Å²) in [6, 6.07) is 9.48. The highest BCUT2D eigenvalue weighted by Crippen LogP contribution is 2.51. The molecular formula is C13H17O3P. The van der Waals surface area contributed by atoms with Gasteiger partial charge < -0.3 is 4.52 Å². The van der Waals surface area contributed by atoms with Gasteiger partial charge in [0.1, 0.15) is 0 Å². The molecule has 0 aliphatic carbocycles. The van der Waals surface area contributed by atoms with E-state index in [1.165, 1.54) is 5.82 Å². The fourth-order valence-electron chi connectivity index (χ4n) is 1.14. The van der Waals surface area contributed by atoms with Gasteiger partial charge in [0.15, 0.2) is 0 Å². The molecule has 0 aliphatic heterocycles. The predicted molar refractivity (Wildman–Crippen MR) is 69.8 cm³/mol. The second-order valence-corrected chi connectivity index (χ2v) is 5.44. The third-order valence-electron chi connectivity index (χ3n) is 2.12. The molecule has 0 bridgehead atoms. The Bertz CT molecular complexity index is 414. The molecule has 92 valence electrons. The highest BCUT2D eigenvalue weighted by Gasteiger charge is 2.22. The number of hydrogen-bond donors (Lipinski definition) is 0. The average molecular weight is 252 g/mol. The van der Waals surface area contributed by atoms with Crippen LogP contribution in [-0.2, 0) is 20.2 Å². The summed E-state index contributed by atoms with van der Waals surface area (Å²) in [6.45, 7) is 9.02. The lowest BCUT2D eigenvalue weighted by Crippen LogP contribution is -2.03. The first kappa shape index (κ1) is 13.9. The summed E-state index contributed by atoms with van der Waals surface area (Å²) >= 11 is 0. The molecule has 1 aromatic rings. The van der Waals surface area contributed by atoms with Crippen molar-refractivity contribution in [3.05, 3.63) is 60.9 Å². The molecular weight excluding hydrogens is 235 g/mol. The molecule has 0 heterocycles. The van der Waals surface area contributed by atoms with Gasteiger partial charge in [0.2, 0.25) is 0 Å². The Balaban J connectivity index is 2.61. The van der Waals surface area contributed by atoms with Crippen molar-refractivity contribution in [3.63, 3.8) is 0 Å². The van der Waals surface area contributed by atoms with E-state index in [-0.39, 0.29) is 12.7 Å². The lowest BCUT2D eigenvalue weighted by Gasteiger charge is -2.17. The van der Waals surface area contributed by atoms with Crippen LogP contribution in [-0.4, -0.2) is 6.10 Å². The van der Waals surface area contributed by atoms with Crippen LogP contribution in [0, 0.1) is 0 Å². The molecule has 1 rings (SSSR count). The van der Waals surface area contributed by atoms with Crippen LogP contribution in [0.1, 0.15) is 12.5 Å². The Morgan fingerprint density at radius 1 is 1.35 bits per heavy atom. The maximum Gasteiger partial charge on any atom is 0.354 e. The molecule has 0 fully saturated rings. The summed E-state index contributed by atoms with van der Waals surface area (Å²) in [6.07, 6.45) is 1.22. The maximum atomic E-state index is 12.1. The van der Waals surface area contributed by atoms with Gasteiger partial charge in [0.05, 0.1) is 12.7 Å². The summed E-state index contributed by atoms with van der Waals surface area (Å²) in [5.41, 5.74) is 0.935. The monoisotopic (exact) mass is 252 g/mol. The lowest BCUT2D eigenvalue weighted by atomic mass is 10.2. The fourth-order valence-corrected chi connectivity index (χ4v) is 2.27. The molecule has 0 aliphatic rings. The summed E-state index contributed by atoms with van der Waals surface area (Å²) in [7, 11) is -3.25. The number of benzene rings is 1. The first-order chi connectivity index (χ1) is 8.09. The highest BCUT2D eigenvalue weighted by molar-refractivity contribution is 7.57. The van der Waals surface area contributed by atoms with Gasteiger partial charge in [-0.1, -0.05) is 43.0 Å². The predicted octanol–water partition coefficient (Wildman–Crippen LogP) is 4.13. The molecule has 0 spiro atoms. The van der Waals surface area contributed by atoms with Crippen molar-refractivity contribution >= 4 is 7.60 Å². The highest BCUT2D eigenvalue weighted by atomic mass is 31.2. The van der Waals surface area contributed by atoms with Gasteiger partial charge in [-0.3, -0.25) is 9.09 Å². The van der Waals surface area contributed by atoms with Gasteiger partial charge in [0.25, 0.3) is 0 Å². The van der Waals surface area contributed by atoms with E-state index < -0.39 is 7.60 Å². The number of rotatable bonds is 7. The summed E-state index contributed by atoms with van der Waals surface area (Å²) in [5.74, 6) is 1.22. The first-order valence-corrected chi connectivity index (χ1v) is 6.93. The molecule has 0 amide bonds. The van der Waals surface area contributed by atoms with Crippen molar-refractivity contribution in [1.29, 1.82) is 0 Å². The molecule has 0 aromatic heterocycles. The van der Waals surface area contributed by atoms with Crippen LogP contribution in [0.2, 0.25) is 0 Å². The Hall–Kier alpha value is -1.15. The van der Waals surface area contributed by atoms with E-state index in [0.717, 1.165) is 5.56 Å². The Labute approximate surface area is 102 Å². The van der Waals surface area contributed by atoms with E-state index in [1.807, 2.05) is 30.3 Å². The second kappa shape index (κ2) is 6.55. The molecule has 0 N–H and O–H groups in total. The zero-order chi connectivity index (χ0) is 12.7. The molecule has 2 atom stereocenters. The third-order valence-corrected chi connectivity index (χ3v) is 3.69. The topological polar surface area (TPSA) is 35.5 Å². The summed E-state index contributed by atoms with van der Waals surface area (Å²) in [4.78, 5) is 0. The van der Waals surface area contributed by atoms with Gasteiger partial charge in [-0.25, -0.2) is 0 Å². The van der Waals surface area contributed by atoms with Crippen molar-refractivity contribution in [2.75, 3.05) is 0 Å². The van der Waals surface area contributed by atoms with E-state index >= 15 is 0 Å².